The second kappa shape index (κ2) is 10.7. The number of carbonyl (C=O) groups is 2. The lowest BCUT2D eigenvalue weighted by Gasteiger charge is -2.37. The van der Waals surface area contributed by atoms with Gasteiger partial charge < -0.3 is 9.64 Å². The van der Waals surface area contributed by atoms with E-state index in [0.717, 1.165) is 40.6 Å². The molecule has 2 amide bonds. The zero-order valence-electron chi connectivity index (χ0n) is 19.6. The Hall–Kier alpha value is -3.16. The average molecular weight is 542 g/mol. The van der Waals surface area contributed by atoms with Gasteiger partial charge in [-0.1, -0.05) is 30.3 Å². The lowest BCUT2D eigenvalue weighted by molar-refractivity contribution is -0.274. The molecule has 0 bridgehead atoms. The summed E-state index contributed by atoms with van der Waals surface area (Å²) in [5.41, 5.74) is 2.64. The van der Waals surface area contributed by atoms with Crippen LogP contribution >= 0.6 is 0 Å². The van der Waals surface area contributed by atoms with Crippen LogP contribution in [-0.2, 0) is 19.6 Å². The summed E-state index contributed by atoms with van der Waals surface area (Å²) in [6, 6.07) is 13.5. The molecule has 3 atom stereocenters. The van der Waals surface area contributed by atoms with E-state index in [9.17, 15) is 36.4 Å². The summed E-state index contributed by atoms with van der Waals surface area (Å²) in [5, 5.41) is 9.27. The number of benzene rings is 2. The first-order valence-corrected chi connectivity index (χ1v) is 13.1. The summed E-state index contributed by atoms with van der Waals surface area (Å²) >= 11 is 0. The van der Waals surface area contributed by atoms with E-state index >= 15 is 0 Å². The first-order chi connectivity index (χ1) is 17.5. The molecule has 2 aliphatic rings. The van der Waals surface area contributed by atoms with Gasteiger partial charge in [-0.25, -0.2) is 13.9 Å². The Morgan fingerprint density at radius 1 is 0.946 bits per heavy atom. The highest BCUT2D eigenvalue weighted by atomic mass is 32.2. The number of rotatable bonds is 6. The van der Waals surface area contributed by atoms with Gasteiger partial charge in [0.1, 0.15) is 5.75 Å². The van der Waals surface area contributed by atoms with Crippen LogP contribution in [-0.4, -0.2) is 67.2 Å². The van der Waals surface area contributed by atoms with Crippen LogP contribution in [0.1, 0.15) is 24.3 Å². The summed E-state index contributed by atoms with van der Waals surface area (Å²) < 4.78 is 68.3. The molecule has 2 N–H and O–H groups in total. The quantitative estimate of drug-likeness (QED) is 0.429. The number of carbonyl (C=O) groups excluding carboxylic acids is 2. The molecule has 2 heterocycles. The fourth-order valence-electron chi connectivity index (χ4n) is 4.94. The van der Waals surface area contributed by atoms with Crippen LogP contribution in [0.4, 0.5) is 13.2 Å². The Morgan fingerprint density at radius 3 is 2.24 bits per heavy atom. The molecule has 9 nitrogen and oxygen atoms in total. The van der Waals surface area contributed by atoms with Crippen LogP contribution in [0.3, 0.4) is 0 Å². The maximum atomic E-state index is 13.4. The van der Waals surface area contributed by atoms with Gasteiger partial charge >= 0.3 is 6.36 Å². The third kappa shape index (κ3) is 6.05. The topological polar surface area (TPSA) is 116 Å². The zero-order valence-corrected chi connectivity index (χ0v) is 20.4. The first-order valence-electron chi connectivity index (χ1n) is 11.6. The number of amides is 2. The molecule has 0 aromatic heterocycles. The van der Waals surface area contributed by atoms with Crippen molar-refractivity contribution in [2.75, 3.05) is 26.2 Å². The average Bonchev–Trinajstić information content (AvgIpc) is 3.38. The maximum absolute atomic E-state index is 13.4. The third-order valence-corrected chi connectivity index (χ3v) is 8.69. The fourth-order valence-corrected chi connectivity index (χ4v) is 6.42. The lowest BCUT2D eigenvalue weighted by atomic mass is 9.84. The van der Waals surface area contributed by atoms with Gasteiger partial charge in [-0.3, -0.25) is 14.8 Å². The fraction of sp³-hybridized carbons (Fsp3) is 0.417. The molecule has 2 aromatic carbocycles. The second-order valence-corrected chi connectivity index (χ2v) is 11.0. The van der Waals surface area contributed by atoms with E-state index in [1.807, 2.05) is 30.3 Å². The zero-order chi connectivity index (χ0) is 26.8. The minimum absolute atomic E-state index is 0.0396. The van der Waals surface area contributed by atoms with E-state index in [-0.39, 0.29) is 36.2 Å². The molecule has 200 valence electrons. The molecule has 37 heavy (non-hydrogen) atoms. The van der Waals surface area contributed by atoms with Gasteiger partial charge in [-0.05, 0) is 42.7 Å². The molecule has 0 saturated carbocycles. The highest BCUT2D eigenvalue weighted by Gasteiger charge is 2.44. The molecule has 4 rings (SSSR count). The highest BCUT2D eigenvalue weighted by Crippen LogP contribution is 2.34. The number of alkyl halides is 3. The predicted molar refractivity (Wildman–Crippen MR) is 124 cm³/mol. The van der Waals surface area contributed by atoms with Gasteiger partial charge in [0.05, 0.1) is 16.7 Å². The standard InChI is InChI=1S/C24H26F3N3O6S/c25-24(26,27)36-18-6-8-19(9-7-18)37(34,35)30-13-11-20(21(15-30)22(31)28-33)23(32)29-12-10-17(14-29)16-4-2-1-3-5-16/h1-9,17,20-21,33H,10-15H2,(H,28,31)/t17-,20+,21+/m1/s1. The van der Waals surface area contributed by atoms with E-state index in [4.69, 9.17) is 0 Å². The Morgan fingerprint density at radius 2 is 1.62 bits per heavy atom. The van der Waals surface area contributed by atoms with Crippen molar-refractivity contribution in [1.29, 1.82) is 0 Å². The molecule has 13 heteroatoms. The second-order valence-electron chi connectivity index (χ2n) is 9.04. The van der Waals surface area contributed by atoms with Crippen LogP contribution in [0.25, 0.3) is 0 Å². The van der Waals surface area contributed by atoms with Gasteiger partial charge in [0.2, 0.25) is 21.8 Å². The van der Waals surface area contributed by atoms with E-state index in [0.29, 0.717) is 13.1 Å². The van der Waals surface area contributed by atoms with Crippen molar-refractivity contribution in [3.8, 4) is 5.75 Å². The Labute approximate surface area is 211 Å². The Bertz CT molecular complexity index is 1220. The predicted octanol–water partition coefficient (Wildman–Crippen LogP) is 2.73. The number of hydrogen-bond donors (Lipinski definition) is 2. The van der Waals surface area contributed by atoms with E-state index in [1.54, 1.807) is 4.90 Å². The van der Waals surface area contributed by atoms with Gasteiger partial charge in [0.15, 0.2) is 0 Å². The summed E-state index contributed by atoms with van der Waals surface area (Å²) in [6.07, 6.45) is -4.12. The Kier molecular flexibility index (Phi) is 7.76. The van der Waals surface area contributed by atoms with Crippen molar-refractivity contribution in [1.82, 2.24) is 14.7 Å². The monoisotopic (exact) mass is 541 g/mol. The van der Waals surface area contributed by atoms with Crippen LogP contribution in [0.2, 0.25) is 0 Å². The SMILES string of the molecule is O=C(NO)[C@H]1CN(S(=O)(=O)c2ccc(OC(F)(F)F)cc2)CC[C@@H]1C(=O)N1CC[C@@H](c2ccccc2)C1. The number of hydrogen-bond acceptors (Lipinski definition) is 6. The lowest BCUT2D eigenvalue weighted by Crippen LogP contribution is -2.53. The van der Waals surface area contributed by atoms with Gasteiger partial charge in [-0.2, -0.15) is 4.31 Å². The number of nitrogens with one attached hydrogen (secondary N) is 1. The van der Waals surface area contributed by atoms with E-state index in [2.05, 4.69) is 4.74 Å². The molecule has 2 aliphatic heterocycles. The molecule has 0 radical (unpaired) electrons. The molecule has 2 saturated heterocycles. The van der Waals surface area contributed by atoms with Crippen molar-refractivity contribution < 1.29 is 41.1 Å². The number of halogens is 3. The van der Waals surface area contributed by atoms with Crippen LogP contribution in [0.15, 0.2) is 59.5 Å². The van der Waals surface area contributed by atoms with E-state index in [1.165, 1.54) is 5.48 Å². The first kappa shape index (κ1) is 26.9. The van der Waals surface area contributed by atoms with Gasteiger partial charge in [-0.15, -0.1) is 13.2 Å². The molecular weight excluding hydrogens is 515 g/mol. The number of hydroxylamine groups is 1. The normalized spacial score (nSPS) is 23.0. The molecule has 2 aromatic rings. The van der Waals surface area contributed by atoms with Crippen molar-refractivity contribution >= 4 is 21.8 Å². The largest absolute Gasteiger partial charge is 0.573 e. The van der Waals surface area contributed by atoms with Gasteiger partial charge in [0.25, 0.3) is 0 Å². The summed E-state index contributed by atoms with van der Waals surface area (Å²) in [5.74, 6) is -3.57. The number of piperidine rings is 1. The summed E-state index contributed by atoms with van der Waals surface area (Å²) in [6.45, 7) is 0.518. The maximum Gasteiger partial charge on any atom is 0.573 e. The number of ether oxygens (including phenoxy) is 1. The highest BCUT2D eigenvalue weighted by molar-refractivity contribution is 7.89. The minimum atomic E-state index is -4.92. The Balaban J connectivity index is 1.47. The molecule has 2 fully saturated rings. The van der Waals surface area contributed by atoms with Gasteiger partial charge in [0, 0.05) is 32.1 Å². The van der Waals surface area contributed by atoms with Crippen LogP contribution < -0.4 is 10.2 Å². The number of nitrogens with zero attached hydrogens (tertiary/aromatic N) is 2. The van der Waals surface area contributed by atoms with E-state index < -0.39 is 39.9 Å². The molecule has 0 aliphatic carbocycles. The van der Waals surface area contributed by atoms with Crippen LogP contribution in [0.5, 0.6) is 5.75 Å². The number of sulfonamides is 1. The summed E-state index contributed by atoms with van der Waals surface area (Å²) in [4.78, 5) is 27.2. The van der Waals surface area contributed by atoms with Crippen molar-refractivity contribution in [3.63, 3.8) is 0 Å². The molecule has 0 spiro atoms. The third-order valence-electron chi connectivity index (χ3n) is 6.81. The van der Waals surface area contributed by atoms with Crippen molar-refractivity contribution in [3.05, 3.63) is 60.2 Å². The van der Waals surface area contributed by atoms with Crippen molar-refractivity contribution in [2.45, 2.75) is 30.0 Å². The molecule has 0 unspecified atom stereocenters. The summed E-state index contributed by atoms with van der Waals surface area (Å²) in [7, 11) is -4.20. The molecular formula is C24H26F3N3O6S. The van der Waals surface area contributed by atoms with Crippen molar-refractivity contribution in [2.24, 2.45) is 11.8 Å². The number of likely N-dealkylation sites (tertiary alicyclic amines) is 1. The smallest absolute Gasteiger partial charge is 0.406 e. The minimum Gasteiger partial charge on any atom is -0.406 e. The van der Waals surface area contributed by atoms with Crippen LogP contribution in [0, 0.1) is 11.8 Å².